The largest absolute Gasteiger partial charge is 0.497 e. The van der Waals surface area contributed by atoms with Gasteiger partial charge < -0.3 is 14.4 Å². The van der Waals surface area contributed by atoms with Gasteiger partial charge >= 0.3 is 0 Å². The maximum Gasteiger partial charge on any atom is 0.252 e. The van der Waals surface area contributed by atoms with Crippen molar-refractivity contribution < 1.29 is 14.3 Å². The Morgan fingerprint density at radius 2 is 1.86 bits per heavy atom. The number of nitrogens with zero attached hydrogens (tertiary/aromatic N) is 1. The Morgan fingerprint density at radius 3 is 2.52 bits per heavy atom. The third-order valence-corrected chi connectivity index (χ3v) is 4.44. The molecule has 1 atom stereocenters. The van der Waals surface area contributed by atoms with Gasteiger partial charge in [0, 0.05) is 19.5 Å². The molecule has 1 heterocycles. The Kier molecular flexibility index (Phi) is 4.44. The van der Waals surface area contributed by atoms with Crippen LogP contribution < -0.4 is 4.74 Å². The first-order valence-electron chi connectivity index (χ1n) is 7.83. The van der Waals surface area contributed by atoms with Crippen LogP contribution in [0.25, 0.3) is 0 Å². The molecule has 1 aliphatic carbocycles. The van der Waals surface area contributed by atoms with Crippen molar-refractivity contribution in [3.8, 4) is 5.75 Å². The average molecular weight is 289 g/mol. The van der Waals surface area contributed by atoms with E-state index in [0.29, 0.717) is 12.6 Å². The lowest BCUT2D eigenvalue weighted by molar-refractivity contribution is -0.140. The normalized spacial score (nSPS) is 23.0. The van der Waals surface area contributed by atoms with Gasteiger partial charge in [0.2, 0.25) is 0 Å². The molecule has 2 fully saturated rings. The number of carbonyl (C=O) groups excluding carboxylic acids is 1. The summed E-state index contributed by atoms with van der Waals surface area (Å²) in [6.45, 7) is 1.45. The molecule has 1 amide bonds. The van der Waals surface area contributed by atoms with Crippen LogP contribution in [0.5, 0.6) is 5.75 Å². The smallest absolute Gasteiger partial charge is 0.252 e. The molecule has 0 bridgehead atoms. The maximum absolute atomic E-state index is 12.4. The first kappa shape index (κ1) is 14.4. The Balaban J connectivity index is 1.55. The third kappa shape index (κ3) is 3.38. The molecule has 1 saturated heterocycles. The van der Waals surface area contributed by atoms with Crippen LogP contribution in [0, 0.1) is 0 Å². The molecule has 0 radical (unpaired) electrons. The summed E-state index contributed by atoms with van der Waals surface area (Å²) in [5.74, 6) is 0.992. The highest BCUT2D eigenvalue weighted by Gasteiger charge is 2.34. The molecule has 21 heavy (non-hydrogen) atoms. The molecular weight excluding hydrogens is 266 g/mol. The van der Waals surface area contributed by atoms with Crippen LogP contribution in [0.2, 0.25) is 0 Å². The number of ether oxygens (including phenoxy) is 2. The molecule has 0 spiro atoms. The lowest BCUT2D eigenvalue weighted by atomic mass is 10.2. The van der Waals surface area contributed by atoms with Gasteiger partial charge in [-0.15, -0.1) is 0 Å². The van der Waals surface area contributed by atoms with Crippen molar-refractivity contribution in [1.29, 1.82) is 0 Å². The summed E-state index contributed by atoms with van der Waals surface area (Å²) in [5.41, 5.74) is 1.13. The predicted octanol–water partition coefficient (Wildman–Crippen LogP) is 2.76. The van der Waals surface area contributed by atoms with Crippen molar-refractivity contribution in [3.05, 3.63) is 29.8 Å². The van der Waals surface area contributed by atoms with Gasteiger partial charge in [-0.1, -0.05) is 25.0 Å². The number of rotatable bonds is 5. The van der Waals surface area contributed by atoms with Gasteiger partial charge in [-0.05, 0) is 30.5 Å². The Hall–Kier alpha value is -1.55. The van der Waals surface area contributed by atoms with Gasteiger partial charge in [0.15, 0.2) is 0 Å². The Bertz CT molecular complexity index is 479. The third-order valence-electron chi connectivity index (χ3n) is 4.44. The van der Waals surface area contributed by atoms with Crippen molar-refractivity contribution in [2.45, 2.75) is 50.9 Å². The zero-order valence-electron chi connectivity index (χ0n) is 12.6. The Labute approximate surface area is 126 Å². The van der Waals surface area contributed by atoms with Gasteiger partial charge in [0.05, 0.1) is 13.2 Å². The monoisotopic (exact) mass is 289 g/mol. The minimum Gasteiger partial charge on any atom is -0.497 e. The highest BCUT2D eigenvalue weighted by atomic mass is 16.5. The van der Waals surface area contributed by atoms with Crippen molar-refractivity contribution in [2.24, 2.45) is 0 Å². The Morgan fingerprint density at radius 1 is 1.14 bits per heavy atom. The van der Waals surface area contributed by atoms with Gasteiger partial charge in [-0.3, -0.25) is 4.79 Å². The van der Waals surface area contributed by atoms with E-state index < -0.39 is 0 Å². The lowest BCUT2D eigenvalue weighted by Crippen LogP contribution is -2.32. The molecule has 0 N–H and O–H groups in total. The molecular formula is C17H23NO3. The van der Waals surface area contributed by atoms with Crippen LogP contribution in [0.1, 0.15) is 37.7 Å². The zero-order valence-corrected chi connectivity index (χ0v) is 12.6. The van der Waals surface area contributed by atoms with Crippen LogP contribution >= 0.6 is 0 Å². The number of carbonyl (C=O) groups is 1. The number of methoxy groups -OCH3 is 1. The molecule has 1 aromatic rings. The first-order valence-corrected chi connectivity index (χ1v) is 7.83. The van der Waals surface area contributed by atoms with Gasteiger partial charge in [0.25, 0.3) is 5.91 Å². The molecule has 0 aromatic heterocycles. The maximum atomic E-state index is 12.4. The fourth-order valence-electron chi connectivity index (χ4n) is 3.20. The molecule has 1 saturated carbocycles. The van der Waals surface area contributed by atoms with E-state index in [9.17, 15) is 4.79 Å². The van der Waals surface area contributed by atoms with Crippen molar-refractivity contribution in [3.63, 3.8) is 0 Å². The fourth-order valence-corrected chi connectivity index (χ4v) is 3.20. The van der Waals surface area contributed by atoms with E-state index >= 15 is 0 Å². The quantitative estimate of drug-likeness (QED) is 0.836. The SMILES string of the molecule is COc1ccc(CN2CCC(OC3CCCC3)C2=O)cc1. The molecule has 1 unspecified atom stereocenters. The number of hydrogen-bond donors (Lipinski definition) is 0. The van der Waals surface area contributed by atoms with Crippen LogP contribution in [-0.2, 0) is 16.1 Å². The number of hydrogen-bond acceptors (Lipinski definition) is 3. The highest BCUT2D eigenvalue weighted by Crippen LogP contribution is 2.26. The van der Waals surface area contributed by atoms with Gasteiger partial charge in [-0.2, -0.15) is 0 Å². The summed E-state index contributed by atoms with van der Waals surface area (Å²) in [6, 6.07) is 7.89. The average Bonchev–Trinajstić information content (AvgIpc) is 3.13. The van der Waals surface area contributed by atoms with E-state index in [-0.39, 0.29) is 12.0 Å². The van der Waals surface area contributed by atoms with Crippen LogP contribution in [0.4, 0.5) is 0 Å². The highest BCUT2D eigenvalue weighted by molar-refractivity contribution is 5.83. The molecule has 114 valence electrons. The molecule has 3 rings (SSSR count). The van der Waals surface area contributed by atoms with E-state index in [2.05, 4.69) is 0 Å². The van der Waals surface area contributed by atoms with Crippen molar-refractivity contribution >= 4 is 5.91 Å². The molecule has 1 aliphatic heterocycles. The second-order valence-corrected chi connectivity index (χ2v) is 5.93. The molecule has 1 aromatic carbocycles. The van der Waals surface area contributed by atoms with Crippen LogP contribution in [0.15, 0.2) is 24.3 Å². The van der Waals surface area contributed by atoms with E-state index in [1.807, 2.05) is 29.2 Å². The van der Waals surface area contributed by atoms with Crippen LogP contribution in [0.3, 0.4) is 0 Å². The predicted molar refractivity (Wildman–Crippen MR) is 80.2 cm³/mol. The molecule has 4 nitrogen and oxygen atoms in total. The standard InChI is InChI=1S/C17H23NO3/c1-20-14-8-6-13(7-9-14)12-18-11-10-16(17(18)19)21-15-4-2-3-5-15/h6-9,15-16H,2-5,10-12H2,1H3. The summed E-state index contributed by atoms with van der Waals surface area (Å²) in [6.07, 6.45) is 5.62. The number of benzene rings is 1. The van der Waals surface area contributed by atoms with E-state index in [0.717, 1.165) is 37.1 Å². The molecule has 4 heteroatoms. The second kappa shape index (κ2) is 6.48. The number of amides is 1. The van der Waals surface area contributed by atoms with E-state index in [4.69, 9.17) is 9.47 Å². The lowest BCUT2D eigenvalue weighted by Gasteiger charge is -2.19. The summed E-state index contributed by atoms with van der Waals surface area (Å²) >= 11 is 0. The topological polar surface area (TPSA) is 38.8 Å². The van der Waals surface area contributed by atoms with Gasteiger partial charge in [0.1, 0.15) is 11.9 Å². The summed E-state index contributed by atoms with van der Waals surface area (Å²) in [7, 11) is 1.66. The van der Waals surface area contributed by atoms with Crippen molar-refractivity contribution in [1.82, 2.24) is 4.90 Å². The minimum atomic E-state index is -0.216. The fraction of sp³-hybridized carbons (Fsp3) is 0.588. The summed E-state index contributed by atoms with van der Waals surface area (Å²) < 4.78 is 11.1. The second-order valence-electron chi connectivity index (χ2n) is 5.93. The van der Waals surface area contributed by atoms with Crippen LogP contribution in [-0.4, -0.2) is 36.7 Å². The van der Waals surface area contributed by atoms with Crippen molar-refractivity contribution in [2.75, 3.05) is 13.7 Å². The zero-order chi connectivity index (χ0) is 14.7. The summed E-state index contributed by atoms with van der Waals surface area (Å²) in [5, 5.41) is 0. The first-order chi connectivity index (χ1) is 10.3. The summed E-state index contributed by atoms with van der Waals surface area (Å²) in [4.78, 5) is 14.3. The van der Waals surface area contributed by atoms with E-state index in [1.165, 1.54) is 12.8 Å². The number of likely N-dealkylation sites (tertiary alicyclic amines) is 1. The minimum absolute atomic E-state index is 0.151. The van der Waals surface area contributed by atoms with E-state index in [1.54, 1.807) is 7.11 Å². The van der Waals surface area contributed by atoms with Gasteiger partial charge in [-0.25, -0.2) is 0 Å². The molecule has 2 aliphatic rings.